The Bertz CT molecular complexity index is 191. The predicted octanol–water partition coefficient (Wildman–Crippen LogP) is 0.856. The summed E-state index contributed by atoms with van der Waals surface area (Å²) in [4.78, 5) is 0. The number of hydrogen-bond acceptors (Lipinski definition) is 2. The lowest BCUT2D eigenvalue weighted by molar-refractivity contribution is 0.717. The van der Waals surface area contributed by atoms with E-state index in [0.29, 0.717) is 0 Å². The molecule has 10 heavy (non-hydrogen) atoms. The van der Waals surface area contributed by atoms with Crippen LogP contribution in [0.5, 0.6) is 0 Å². The van der Waals surface area contributed by atoms with E-state index in [-0.39, 0.29) is 6.04 Å². The highest BCUT2D eigenvalue weighted by atomic mass is 15.1. The second kappa shape index (κ2) is 3.17. The fourth-order valence-electron chi connectivity index (χ4n) is 0.852. The van der Waals surface area contributed by atoms with E-state index in [1.54, 1.807) is 6.20 Å². The van der Waals surface area contributed by atoms with E-state index < -0.39 is 0 Å². The fourth-order valence-corrected chi connectivity index (χ4v) is 0.852. The molecule has 1 heterocycles. The Morgan fingerprint density at radius 3 is 3.10 bits per heavy atom. The van der Waals surface area contributed by atoms with E-state index >= 15 is 0 Å². The van der Waals surface area contributed by atoms with Crippen LogP contribution in [0.25, 0.3) is 0 Å². The molecule has 1 unspecified atom stereocenters. The van der Waals surface area contributed by atoms with Crippen molar-refractivity contribution in [3.63, 3.8) is 0 Å². The van der Waals surface area contributed by atoms with E-state index in [1.165, 1.54) is 0 Å². The maximum atomic E-state index is 3.83. The number of aromatic nitrogens is 2. The first-order chi connectivity index (χ1) is 4.88. The van der Waals surface area contributed by atoms with Gasteiger partial charge >= 0.3 is 0 Å². The van der Waals surface area contributed by atoms with Gasteiger partial charge in [0.2, 0.25) is 0 Å². The molecule has 3 nitrogen and oxygen atoms in total. The summed E-state index contributed by atoms with van der Waals surface area (Å²) in [5.74, 6) is 0. The van der Waals surface area contributed by atoms with Crippen molar-refractivity contribution in [2.75, 3.05) is 7.05 Å². The number of likely N-dealkylation sites (N-methyl/N-ethyl adjacent to an activating group) is 1. The normalized spacial score (nSPS) is 12.9. The molecule has 1 aromatic rings. The lowest BCUT2D eigenvalue weighted by Crippen LogP contribution is -2.12. The van der Waals surface area contributed by atoms with E-state index in [0.717, 1.165) is 5.56 Å². The Balaban J connectivity index is 2.73. The summed E-state index contributed by atoms with van der Waals surface area (Å²) in [6.45, 7) is 3.68. The van der Waals surface area contributed by atoms with Crippen LogP contribution in [0.4, 0.5) is 0 Å². The molecule has 3 heteroatoms. The molecule has 0 bridgehead atoms. The quantitative estimate of drug-likeness (QED) is 0.606. The van der Waals surface area contributed by atoms with Crippen LogP contribution in [0.1, 0.15) is 11.6 Å². The molecule has 0 spiro atoms. The molecule has 1 atom stereocenters. The van der Waals surface area contributed by atoms with Crippen LogP contribution in [0.3, 0.4) is 0 Å². The molecule has 0 aromatic carbocycles. The van der Waals surface area contributed by atoms with Gasteiger partial charge in [-0.25, -0.2) is 0 Å². The number of H-pyrrole nitrogens is 1. The Morgan fingerprint density at radius 1 is 1.90 bits per heavy atom. The van der Waals surface area contributed by atoms with Crippen molar-refractivity contribution < 1.29 is 0 Å². The van der Waals surface area contributed by atoms with Crippen molar-refractivity contribution in [2.24, 2.45) is 0 Å². The molecule has 54 valence electrons. The lowest BCUT2D eigenvalue weighted by atomic mass is 10.2. The van der Waals surface area contributed by atoms with Gasteiger partial charge in [-0.15, -0.1) is 6.58 Å². The molecule has 0 fully saturated rings. The summed E-state index contributed by atoms with van der Waals surface area (Å²) in [5, 5.41) is 9.64. The lowest BCUT2D eigenvalue weighted by Gasteiger charge is -2.06. The minimum Gasteiger partial charge on any atom is -0.310 e. The van der Waals surface area contributed by atoms with Crippen LogP contribution in [0, 0.1) is 0 Å². The highest BCUT2D eigenvalue weighted by molar-refractivity contribution is 5.14. The van der Waals surface area contributed by atoms with Crippen molar-refractivity contribution in [3.05, 3.63) is 30.6 Å². The van der Waals surface area contributed by atoms with E-state index in [1.807, 2.05) is 19.3 Å². The third-order valence-corrected chi connectivity index (χ3v) is 1.43. The molecular formula is C7H11N3. The Labute approximate surface area is 60.1 Å². The van der Waals surface area contributed by atoms with Crippen LogP contribution in [0.15, 0.2) is 25.0 Å². The van der Waals surface area contributed by atoms with Gasteiger partial charge in [0.15, 0.2) is 0 Å². The van der Waals surface area contributed by atoms with Gasteiger partial charge in [-0.05, 0) is 7.05 Å². The Hall–Kier alpha value is -1.09. The smallest absolute Gasteiger partial charge is 0.0538 e. The van der Waals surface area contributed by atoms with Gasteiger partial charge in [-0.3, -0.25) is 5.10 Å². The van der Waals surface area contributed by atoms with Crippen LogP contribution < -0.4 is 5.32 Å². The average Bonchev–Trinajstić information content (AvgIpc) is 2.43. The van der Waals surface area contributed by atoms with Crippen LogP contribution >= 0.6 is 0 Å². The van der Waals surface area contributed by atoms with Crippen molar-refractivity contribution in [1.82, 2.24) is 15.5 Å². The van der Waals surface area contributed by atoms with Crippen molar-refractivity contribution in [2.45, 2.75) is 6.04 Å². The first kappa shape index (κ1) is 7.02. The second-order valence-electron chi connectivity index (χ2n) is 2.03. The number of hydrogen-bond donors (Lipinski definition) is 2. The highest BCUT2D eigenvalue weighted by Gasteiger charge is 2.03. The number of nitrogens with zero attached hydrogens (tertiary/aromatic N) is 1. The van der Waals surface area contributed by atoms with E-state index in [2.05, 4.69) is 22.1 Å². The van der Waals surface area contributed by atoms with Gasteiger partial charge in [-0.1, -0.05) is 6.08 Å². The fraction of sp³-hybridized carbons (Fsp3) is 0.286. The zero-order chi connectivity index (χ0) is 7.40. The van der Waals surface area contributed by atoms with Crippen molar-refractivity contribution in [1.29, 1.82) is 0 Å². The molecule has 0 saturated heterocycles. The van der Waals surface area contributed by atoms with Gasteiger partial charge < -0.3 is 5.32 Å². The third-order valence-electron chi connectivity index (χ3n) is 1.43. The zero-order valence-electron chi connectivity index (χ0n) is 5.96. The molecule has 0 amide bonds. The van der Waals surface area contributed by atoms with Crippen LogP contribution in [0.2, 0.25) is 0 Å². The Morgan fingerprint density at radius 2 is 2.70 bits per heavy atom. The van der Waals surface area contributed by atoms with Gasteiger partial charge in [0.05, 0.1) is 12.2 Å². The third kappa shape index (κ3) is 1.25. The number of rotatable bonds is 3. The van der Waals surface area contributed by atoms with Gasteiger partial charge in [0.25, 0.3) is 0 Å². The highest BCUT2D eigenvalue weighted by Crippen LogP contribution is 2.09. The summed E-state index contributed by atoms with van der Waals surface area (Å²) in [6, 6.07) is 0.207. The molecule has 0 radical (unpaired) electrons. The number of aromatic amines is 1. The summed E-state index contributed by atoms with van der Waals surface area (Å²) in [6.07, 6.45) is 5.47. The zero-order valence-corrected chi connectivity index (χ0v) is 5.96. The maximum absolute atomic E-state index is 3.83. The minimum absolute atomic E-state index is 0.207. The predicted molar refractivity (Wildman–Crippen MR) is 40.6 cm³/mol. The Kier molecular flexibility index (Phi) is 2.23. The molecule has 0 saturated carbocycles. The van der Waals surface area contributed by atoms with Crippen molar-refractivity contribution >= 4 is 0 Å². The summed E-state index contributed by atoms with van der Waals surface area (Å²) in [7, 11) is 1.89. The molecule has 0 aliphatic carbocycles. The summed E-state index contributed by atoms with van der Waals surface area (Å²) in [5.41, 5.74) is 1.11. The molecular weight excluding hydrogens is 126 g/mol. The van der Waals surface area contributed by atoms with Gasteiger partial charge in [-0.2, -0.15) is 5.10 Å². The van der Waals surface area contributed by atoms with Crippen molar-refractivity contribution in [3.8, 4) is 0 Å². The summed E-state index contributed by atoms with van der Waals surface area (Å²) < 4.78 is 0. The first-order valence-corrected chi connectivity index (χ1v) is 3.17. The SMILES string of the molecule is C=CC(NC)c1cn[nH]c1. The standard InChI is InChI=1S/C7H11N3/c1-3-7(8-2)6-4-9-10-5-6/h3-5,7-8H,1H2,2H3,(H,9,10). The minimum atomic E-state index is 0.207. The van der Waals surface area contributed by atoms with Gasteiger partial charge in [0.1, 0.15) is 0 Å². The molecule has 1 aromatic heterocycles. The van der Waals surface area contributed by atoms with E-state index in [9.17, 15) is 0 Å². The maximum Gasteiger partial charge on any atom is 0.0538 e. The largest absolute Gasteiger partial charge is 0.310 e. The summed E-state index contributed by atoms with van der Waals surface area (Å²) >= 11 is 0. The topological polar surface area (TPSA) is 40.7 Å². The molecule has 2 N–H and O–H groups in total. The average molecular weight is 137 g/mol. The number of nitrogens with one attached hydrogen (secondary N) is 2. The first-order valence-electron chi connectivity index (χ1n) is 3.17. The van der Waals surface area contributed by atoms with Crippen LogP contribution in [-0.2, 0) is 0 Å². The monoisotopic (exact) mass is 137 g/mol. The second-order valence-corrected chi connectivity index (χ2v) is 2.03. The molecule has 0 aliphatic rings. The molecule has 0 aliphatic heterocycles. The van der Waals surface area contributed by atoms with Gasteiger partial charge in [0, 0.05) is 11.8 Å². The van der Waals surface area contributed by atoms with Crippen LogP contribution in [-0.4, -0.2) is 17.2 Å². The molecule has 1 rings (SSSR count). The van der Waals surface area contributed by atoms with E-state index in [4.69, 9.17) is 0 Å².